The van der Waals surface area contributed by atoms with Gasteiger partial charge in [-0.05, 0) is 54.6 Å². The molecule has 0 bridgehead atoms. The first-order valence-electron chi connectivity index (χ1n) is 8.94. The lowest BCUT2D eigenvalue weighted by Gasteiger charge is -2.37. The minimum absolute atomic E-state index is 0.0454. The van der Waals surface area contributed by atoms with E-state index in [1.165, 1.54) is 0 Å². The number of hydrogen-bond acceptors (Lipinski definition) is 4. The molecule has 0 spiro atoms. The summed E-state index contributed by atoms with van der Waals surface area (Å²) in [5.41, 5.74) is 2.08. The highest BCUT2D eigenvalue weighted by molar-refractivity contribution is 5.82. The Balaban J connectivity index is 1.76. The lowest BCUT2D eigenvalue weighted by Crippen LogP contribution is -2.41. The molecule has 2 aromatic heterocycles. The van der Waals surface area contributed by atoms with E-state index in [1.54, 1.807) is 12.4 Å². The van der Waals surface area contributed by atoms with Gasteiger partial charge in [0.2, 0.25) is 0 Å². The molecule has 132 valence electrons. The number of carboxylic acid groups (broad SMARTS) is 1. The van der Waals surface area contributed by atoms with Crippen molar-refractivity contribution in [1.29, 1.82) is 0 Å². The summed E-state index contributed by atoms with van der Waals surface area (Å²) in [6, 6.07) is 14.2. The predicted molar refractivity (Wildman–Crippen MR) is 99.8 cm³/mol. The molecule has 1 fully saturated rings. The lowest BCUT2D eigenvalue weighted by atomic mass is 9.92. The first-order valence-corrected chi connectivity index (χ1v) is 8.94. The highest BCUT2D eigenvalue weighted by atomic mass is 16.4. The summed E-state index contributed by atoms with van der Waals surface area (Å²) in [7, 11) is 0. The zero-order valence-corrected chi connectivity index (χ0v) is 14.5. The number of piperidine rings is 1. The molecule has 2 unspecified atom stereocenters. The van der Waals surface area contributed by atoms with E-state index < -0.39 is 5.97 Å². The van der Waals surface area contributed by atoms with Gasteiger partial charge in [-0.1, -0.05) is 18.2 Å². The van der Waals surface area contributed by atoms with Crippen LogP contribution in [0.1, 0.15) is 30.1 Å². The maximum Gasteiger partial charge on any atom is 0.307 e. The van der Waals surface area contributed by atoms with Gasteiger partial charge < -0.3 is 5.11 Å². The van der Waals surface area contributed by atoms with Gasteiger partial charge in [-0.15, -0.1) is 0 Å². The van der Waals surface area contributed by atoms with Gasteiger partial charge in [0.05, 0.1) is 17.7 Å². The Morgan fingerprint density at radius 2 is 2.08 bits per heavy atom. The van der Waals surface area contributed by atoms with E-state index in [1.807, 2.05) is 30.5 Å². The monoisotopic (exact) mass is 347 g/mol. The molecule has 2 atom stereocenters. The molecule has 1 aromatic carbocycles. The van der Waals surface area contributed by atoms with Crippen molar-refractivity contribution in [3.05, 3.63) is 72.3 Å². The molecule has 1 N–H and O–H groups in total. The summed E-state index contributed by atoms with van der Waals surface area (Å²) < 4.78 is 0. The van der Waals surface area contributed by atoms with Crippen LogP contribution >= 0.6 is 0 Å². The third kappa shape index (κ3) is 3.30. The third-order valence-electron chi connectivity index (χ3n) is 5.12. The molecule has 3 aromatic rings. The number of rotatable bonds is 4. The maximum absolute atomic E-state index is 11.5. The van der Waals surface area contributed by atoms with Crippen molar-refractivity contribution in [1.82, 2.24) is 14.9 Å². The van der Waals surface area contributed by atoms with Gasteiger partial charge in [0.25, 0.3) is 0 Å². The van der Waals surface area contributed by atoms with Gasteiger partial charge in [-0.3, -0.25) is 19.7 Å². The van der Waals surface area contributed by atoms with Crippen LogP contribution in [-0.2, 0) is 4.79 Å². The minimum atomic E-state index is -0.709. The number of fused-ring (bicyclic) bond motifs is 1. The van der Waals surface area contributed by atoms with E-state index in [2.05, 4.69) is 33.1 Å². The number of pyridine rings is 2. The zero-order chi connectivity index (χ0) is 17.9. The van der Waals surface area contributed by atoms with Crippen molar-refractivity contribution in [2.75, 3.05) is 13.1 Å². The van der Waals surface area contributed by atoms with Gasteiger partial charge in [-0.25, -0.2) is 0 Å². The van der Waals surface area contributed by atoms with Crippen LogP contribution in [0, 0.1) is 5.92 Å². The number of nitrogens with zero attached hydrogens (tertiary/aromatic N) is 3. The average Bonchev–Trinajstić information content (AvgIpc) is 2.69. The molecule has 5 nitrogen and oxygen atoms in total. The minimum Gasteiger partial charge on any atom is -0.481 e. The Kier molecular flexibility index (Phi) is 4.63. The molecule has 0 radical (unpaired) electrons. The highest BCUT2D eigenvalue weighted by Crippen LogP contribution is 2.33. The fraction of sp³-hybridized carbons (Fsp3) is 0.286. The van der Waals surface area contributed by atoms with Crippen LogP contribution in [0.5, 0.6) is 0 Å². The zero-order valence-electron chi connectivity index (χ0n) is 14.5. The fourth-order valence-corrected chi connectivity index (χ4v) is 3.82. The van der Waals surface area contributed by atoms with E-state index in [-0.39, 0.29) is 12.0 Å². The first-order chi connectivity index (χ1) is 12.7. The predicted octanol–water partition coefficient (Wildman–Crippen LogP) is 3.52. The van der Waals surface area contributed by atoms with Crippen LogP contribution in [0.2, 0.25) is 0 Å². The summed E-state index contributed by atoms with van der Waals surface area (Å²) in [6.45, 7) is 1.42. The maximum atomic E-state index is 11.5. The van der Waals surface area contributed by atoms with Crippen LogP contribution in [0.3, 0.4) is 0 Å². The van der Waals surface area contributed by atoms with Crippen LogP contribution in [0.25, 0.3) is 10.8 Å². The quantitative estimate of drug-likeness (QED) is 0.782. The van der Waals surface area contributed by atoms with Crippen LogP contribution in [0.4, 0.5) is 0 Å². The number of benzene rings is 1. The van der Waals surface area contributed by atoms with Crippen LogP contribution in [-0.4, -0.2) is 39.0 Å². The molecule has 0 amide bonds. The molecule has 5 heteroatoms. The summed E-state index contributed by atoms with van der Waals surface area (Å²) in [5, 5.41) is 11.7. The largest absolute Gasteiger partial charge is 0.481 e. The topological polar surface area (TPSA) is 66.3 Å². The SMILES string of the molecule is O=C(O)C1CCCN(C(c2ccc3cnccc3c2)c2ccccn2)C1. The molecular formula is C21H21N3O2. The van der Waals surface area contributed by atoms with Gasteiger partial charge in [-0.2, -0.15) is 0 Å². The number of aromatic nitrogens is 2. The number of carboxylic acids is 1. The van der Waals surface area contributed by atoms with Gasteiger partial charge in [0.1, 0.15) is 0 Å². The standard InChI is InChI=1S/C21H21N3O2/c25-21(26)18-4-3-11-24(14-18)20(19-5-1-2-9-23-19)16-6-7-17-13-22-10-8-15(17)12-16/h1-2,5-10,12-13,18,20H,3-4,11,14H2,(H,25,26). The number of hydrogen-bond donors (Lipinski definition) is 1. The molecule has 1 saturated heterocycles. The van der Waals surface area contributed by atoms with Crippen molar-refractivity contribution >= 4 is 16.7 Å². The van der Waals surface area contributed by atoms with E-state index >= 15 is 0 Å². The van der Waals surface area contributed by atoms with Crippen molar-refractivity contribution in [3.8, 4) is 0 Å². The summed E-state index contributed by atoms with van der Waals surface area (Å²) in [4.78, 5) is 22.5. The Labute approximate surface area is 152 Å². The second kappa shape index (κ2) is 7.22. The Morgan fingerprint density at radius 3 is 2.88 bits per heavy atom. The highest BCUT2D eigenvalue weighted by Gasteiger charge is 2.31. The van der Waals surface area contributed by atoms with E-state index in [4.69, 9.17) is 0 Å². The van der Waals surface area contributed by atoms with Gasteiger partial charge >= 0.3 is 5.97 Å². The van der Waals surface area contributed by atoms with Gasteiger partial charge in [0, 0.05) is 30.5 Å². The van der Waals surface area contributed by atoms with E-state index in [9.17, 15) is 9.90 Å². The molecule has 3 heterocycles. The van der Waals surface area contributed by atoms with E-state index in [0.717, 1.165) is 41.4 Å². The Morgan fingerprint density at radius 1 is 1.15 bits per heavy atom. The molecule has 0 saturated carbocycles. The molecule has 4 rings (SSSR count). The molecule has 0 aliphatic carbocycles. The molecular weight excluding hydrogens is 326 g/mol. The van der Waals surface area contributed by atoms with Crippen molar-refractivity contribution in [3.63, 3.8) is 0 Å². The number of aliphatic carboxylic acids is 1. The Hall–Kier alpha value is -2.79. The second-order valence-corrected chi connectivity index (χ2v) is 6.81. The van der Waals surface area contributed by atoms with Crippen LogP contribution < -0.4 is 0 Å². The average molecular weight is 347 g/mol. The molecule has 1 aliphatic rings. The smallest absolute Gasteiger partial charge is 0.307 e. The van der Waals surface area contributed by atoms with Crippen molar-refractivity contribution in [2.45, 2.75) is 18.9 Å². The number of likely N-dealkylation sites (tertiary alicyclic amines) is 1. The Bertz CT molecular complexity index is 913. The summed E-state index contributed by atoms with van der Waals surface area (Å²) in [6.07, 6.45) is 7.08. The lowest BCUT2D eigenvalue weighted by molar-refractivity contribution is -0.143. The third-order valence-corrected chi connectivity index (χ3v) is 5.12. The molecule has 1 aliphatic heterocycles. The first kappa shape index (κ1) is 16.7. The normalized spacial score (nSPS) is 19.3. The van der Waals surface area contributed by atoms with Crippen molar-refractivity contribution in [2.24, 2.45) is 5.92 Å². The molecule has 26 heavy (non-hydrogen) atoms. The number of carbonyl (C=O) groups is 1. The fourth-order valence-electron chi connectivity index (χ4n) is 3.82. The summed E-state index contributed by atoms with van der Waals surface area (Å²) in [5.74, 6) is -1.03. The van der Waals surface area contributed by atoms with Crippen molar-refractivity contribution < 1.29 is 9.90 Å². The van der Waals surface area contributed by atoms with Crippen LogP contribution in [0.15, 0.2) is 61.1 Å². The second-order valence-electron chi connectivity index (χ2n) is 6.81. The van der Waals surface area contributed by atoms with E-state index in [0.29, 0.717) is 6.54 Å². The summed E-state index contributed by atoms with van der Waals surface area (Å²) >= 11 is 0. The van der Waals surface area contributed by atoms with Gasteiger partial charge in [0.15, 0.2) is 0 Å².